The lowest BCUT2D eigenvalue weighted by Crippen LogP contribution is -2.41. The Hall–Kier alpha value is -1.37. The second-order valence-electron chi connectivity index (χ2n) is 9.05. The van der Waals surface area contributed by atoms with E-state index in [1.54, 1.807) is 0 Å². The Bertz CT molecular complexity index is 808. The van der Waals surface area contributed by atoms with Gasteiger partial charge in [-0.1, -0.05) is 6.07 Å². The topological polar surface area (TPSA) is 39.5 Å². The fraction of sp³-hybridized carbons (Fsp3) is 0.667. The molecule has 0 unspecified atom stereocenters. The highest BCUT2D eigenvalue weighted by Gasteiger charge is 2.51. The number of imidazole rings is 1. The van der Waals surface area contributed by atoms with Crippen LogP contribution in [0.2, 0.25) is 0 Å². The molecule has 1 aromatic heterocycles. The molecule has 2 aliphatic heterocycles. The summed E-state index contributed by atoms with van der Waals surface area (Å²) in [6, 6.07) is 6.39. The third-order valence-electron chi connectivity index (χ3n) is 6.54. The molecule has 2 fully saturated rings. The van der Waals surface area contributed by atoms with Crippen molar-refractivity contribution >= 4 is 23.6 Å². The predicted octanol–water partition coefficient (Wildman–Crippen LogP) is 3.13. The number of benzene rings is 1. The van der Waals surface area contributed by atoms with Crippen molar-refractivity contribution in [2.75, 3.05) is 19.6 Å². The summed E-state index contributed by atoms with van der Waals surface area (Å²) in [6.45, 7) is 15.2. The van der Waals surface area contributed by atoms with E-state index in [2.05, 4.69) is 62.3 Å². The molecule has 0 radical (unpaired) electrons. The largest absolute Gasteiger partial charge is 0.494 e. The van der Waals surface area contributed by atoms with Crippen LogP contribution in [0.15, 0.2) is 18.2 Å². The number of hydrogen-bond donors (Lipinski definition) is 0. The summed E-state index contributed by atoms with van der Waals surface area (Å²) in [5.74, 6) is 1.08. The predicted molar refractivity (Wildman–Crippen MR) is 110 cm³/mol. The monoisotopic (exact) mass is 369 g/mol. The van der Waals surface area contributed by atoms with Crippen LogP contribution in [-0.4, -0.2) is 52.4 Å². The Morgan fingerprint density at radius 3 is 2.37 bits per heavy atom. The van der Waals surface area contributed by atoms with Crippen LogP contribution in [0.25, 0.3) is 11.0 Å². The first kappa shape index (κ1) is 19.0. The highest BCUT2D eigenvalue weighted by molar-refractivity contribution is 6.62. The minimum atomic E-state index is -0.326. The molecular weight excluding hydrogens is 337 g/mol. The minimum Gasteiger partial charge on any atom is -0.399 e. The summed E-state index contributed by atoms with van der Waals surface area (Å²) < 4.78 is 14.8. The Kier molecular flexibility index (Phi) is 4.85. The van der Waals surface area contributed by atoms with E-state index in [1.807, 2.05) is 0 Å². The maximum atomic E-state index is 6.24. The number of aromatic nitrogens is 2. The van der Waals surface area contributed by atoms with Crippen molar-refractivity contribution in [1.29, 1.82) is 0 Å². The molecule has 6 heteroatoms. The van der Waals surface area contributed by atoms with Gasteiger partial charge < -0.3 is 18.8 Å². The summed E-state index contributed by atoms with van der Waals surface area (Å²) in [6.07, 6.45) is 3.86. The van der Waals surface area contributed by atoms with Crippen molar-refractivity contribution in [2.24, 2.45) is 0 Å². The molecule has 0 aliphatic carbocycles. The molecule has 3 heterocycles. The Balaban J connectivity index is 1.54. The van der Waals surface area contributed by atoms with Gasteiger partial charge in [0.1, 0.15) is 5.82 Å². The molecular formula is C21H32BN3O2. The fourth-order valence-corrected chi connectivity index (χ4v) is 4.13. The Labute approximate surface area is 163 Å². The molecule has 0 spiro atoms. The zero-order chi connectivity index (χ0) is 19.2. The molecule has 0 amide bonds. The van der Waals surface area contributed by atoms with Crippen LogP contribution < -0.4 is 5.46 Å². The van der Waals surface area contributed by atoms with E-state index >= 15 is 0 Å². The maximum absolute atomic E-state index is 6.24. The third-order valence-corrected chi connectivity index (χ3v) is 6.54. The van der Waals surface area contributed by atoms with Crippen molar-refractivity contribution in [3.05, 3.63) is 24.0 Å². The lowest BCUT2D eigenvalue weighted by molar-refractivity contribution is 0.00578. The van der Waals surface area contributed by atoms with Crippen LogP contribution in [0.4, 0.5) is 0 Å². The highest BCUT2D eigenvalue weighted by atomic mass is 16.7. The maximum Gasteiger partial charge on any atom is 0.494 e. The molecule has 1 aromatic carbocycles. The number of hydrogen-bond acceptors (Lipinski definition) is 4. The molecule has 2 saturated heterocycles. The zero-order valence-electron chi connectivity index (χ0n) is 17.4. The second-order valence-corrected chi connectivity index (χ2v) is 9.05. The van der Waals surface area contributed by atoms with Crippen LogP contribution in [0.3, 0.4) is 0 Å². The van der Waals surface area contributed by atoms with Crippen LogP contribution in [0, 0.1) is 6.92 Å². The molecule has 146 valence electrons. The molecule has 2 aromatic rings. The highest BCUT2D eigenvalue weighted by Crippen LogP contribution is 2.36. The second kappa shape index (κ2) is 6.91. The van der Waals surface area contributed by atoms with Gasteiger partial charge in [-0.15, -0.1) is 0 Å². The first-order valence-electron chi connectivity index (χ1n) is 10.3. The van der Waals surface area contributed by atoms with Gasteiger partial charge >= 0.3 is 7.12 Å². The summed E-state index contributed by atoms with van der Waals surface area (Å²) >= 11 is 0. The lowest BCUT2D eigenvalue weighted by Gasteiger charge is -2.32. The van der Waals surface area contributed by atoms with Crippen LogP contribution in [0.1, 0.15) is 52.8 Å². The zero-order valence-corrected chi connectivity index (χ0v) is 17.4. The van der Waals surface area contributed by atoms with Crippen molar-refractivity contribution in [3.63, 3.8) is 0 Å². The van der Waals surface area contributed by atoms with Gasteiger partial charge in [-0.2, -0.15) is 0 Å². The van der Waals surface area contributed by atoms with Crippen molar-refractivity contribution in [2.45, 2.75) is 71.6 Å². The van der Waals surface area contributed by atoms with E-state index in [4.69, 9.17) is 14.3 Å². The molecule has 2 aliphatic rings. The van der Waals surface area contributed by atoms with Crippen LogP contribution >= 0.6 is 0 Å². The van der Waals surface area contributed by atoms with E-state index in [-0.39, 0.29) is 18.3 Å². The normalized spacial score (nSPS) is 22.2. The smallest absolute Gasteiger partial charge is 0.399 e. The molecule has 0 atom stereocenters. The summed E-state index contributed by atoms with van der Waals surface area (Å²) in [4.78, 5) is 7.33. The van der Waals surface area contributed by atoms with Gasteiger partial charge in [0, 0.05) is 6.54 Å². The Morgan fingerprint density at radius 1 is 1.04 bits per heavy atom. The summed E-state index contributed by atoms with van der Waals surface area (Å²) in [5.41, 5.74) is 2.66. The first-order chi connectivity index (χ1) is 12.8. The van der Waals surface area contributed by atoms with Gasteiger partial charge in [-0.25, -0.2) is 4.98 Å². The van der Waals surface area contributed by atoms with Crippen LogP contribution in [-0.2, 0) is 15.9 Å². The standard InChI is InChI=1S/C21H32BN3O2/c1-16-23-18-10-9-17(22-26-20(2,3)21(4,5)27-22)15-19(18)25(16)14-8-13-24-11-6-7-12-24/h9-10,15H,6-8,11-14H2,1-5H3. The van der Waals surface area contributed by atoms with Gasteiger partial charge in [-0.3, -0.25) is 0 Å². The minimum absolute atomic E-state index is 0.321. The Morgan fingerprint density at radius 2 is 1.70 bits per heavy atom. The third kappa shape index (κ3) is 3.55. The van der Waals surface area contributed by atoms with E-state index in [9.17, 15) is 0 Å². The van der Waals surface area contributed by atoms with Gasteiger partial charge in [0.15, 0.2) is 0 Å². The van der Waals surface area contributed by atoms with E-state index in [0.29, 0.717) is 0 Å². The quantitative estimate of drug-likeness (QED) is 0.760. The molecule has 5 nitrogen and oxygen atoms in total. The van der Waals surface area contributed by atoms with Crippen LogP contribution in [0.5, 0.6) is 0 Å². The summed E-state index contributed by atoms with van der Waals surface area (Å²) in [5, 5.41) is 0. The van der Waals surface area contributed by atoms with E-state index in [0.717, 1.165) is 29.8 Å². The SMILES string of the molecule is Cc1nc2ccc(B3OC(C)(C)C(C)(C)O3)cc2n1CCCN1CCCC1. The van der Waals surface area contributed by atoms with E-state index < -0.39 is 0 Å². The van der Waals surface area contributed by atoms with Gasteiger partial charge in [0.05, 0.1) is 22.2 Å². The molecule has 4 rings (SSSR count). The number of fused-ring (bicyclic) bond motifs is 1. The molecule has 0 bridgehead atoms. The van der Waals surface area contributed by atoms with Crippen molar-refractivity contribution in [3.8, 4) is 0 Å². The number of likely N-dealkylation sites (tertiary alicyclic amines) is 1. The molecule has 27 heavy (non-hydrogen) atoms. The summed E-state index contributed by atoms with van der Waals surface area (Å²) in [7, 11) is -0.326. The van der Waals surface area contributed by atoms with Gasteiger partial charge in [0.2, 0.25) is 0 Å². The average molecular weight is 369 g/mol. The molecule has 0 N–H and O–H groups in total. The average Bonchev–Trinajstić information content (AvgIpc) is 3.26. The molecule has 0 saturated carbocycles. The number of aryl methyl sites for hydroxylation is 2. The van der Waals surface area contributed by atoms with Gasteiger partial charge in [-0.05, 0) is 91.1 Å². The first-order valence-corrected chi connectivity index (χ1v) is 10.3. The van der Waals surface area contributed by atoms with Crippen molar-refractivity contribution < 1.29 is 9.31 Å². The fourth-order valence-electron chi connectivity index (χ4n) is 4.13. The number of nitrogens with zero attached hydrogens (tertiary/aromatic N) is 3. The van der Waals surface area contributed by atoms with Crippen molar-refractivity contribution in [1.82, 2.24) is 14.5 Å². The van der Waals surface area contributed by atoms with Gasteiger partial charge in [0.25, 0.3) is 0 Å². The number of rotatable bonds is 5. The van der Waals surface area contributed by atoms with E-state index in [1.165, 1.54) is 38.0 Å². The lowest BCUT2D eigenvalue weighted by atomic mass is 9.79.